The highest BCUT2D eigenvalue weighted by atomic mass is 16.5. The predicted octanol–water partition coefficient (Wildman–Crippen LogP) is 0.751. The van der Waals surface area contributed by atoms with Gasteiger partial charge in [-0.1, -0.05) is 0 Å². The number of hydrogen-bond acceptors (Lipinski definition) is 3. The molecule has 0 radical (unpaired) electrons. The van der Waals surface area contributed by atoms with Crippen LogP contribution in [0.1, 0.15) is 32.6 Å². The lowest BCUT2D eigenvalue weighted by Crippen LogP contribution is -2.52. The fourth-order valence-corrected chi connectivity index (χ4v) is 2.29. The van der Waals surface area contributed by atoms with Gasteiger partial charge in [0.05, 0.1) is 13.0 Å². The van der Waals surface area contributed by atoms with Gasteiger partial charge in [-0.25, -0.2) is 0 Å². The number of likely N-dealkylation sites (tertiary alicyclic amines) is 1. The number of amides is 1. The second-order valence-electron chi connectivity index (χ2n) is 4.21. The van der Waals surface area contributed by atoms with Crippen LogP contribution in [0.3, 0.4) is 0 Å². The second kappa shape index (κ2) is 6.08. The number of methoxy groups -OCH3 is 1. The molecule has 4 heteroatoms. The van der Waals surface area contributed by atoms with Crippen LogP contribution >= 0.6 is 0 Å². The van der Waals surface area contributed by atoms with Crippen LogP contribution in [0, 0.1) is 0 Å². The van der Waals surface area contributed by atoms with Crippen molar-refractivity contribution in [3.63, 3.8) is 0 Å². The van der Waals surface area contributed by atoms with E-state index in [4.69, 9.17) is 10.5 Å². The Kier molecular flexibility index (Phi) is 5.05. The van der Waals surface area contributed by atoms with E-state index in [2.05, 4.69) is 6.92 Å². The molecule has 0 aromatic carbocycles. The summed E-state index contributed by atoms with van der Waals surface area (Å²) < 4.78 is 4.93. The first kappa shape index (κ1) is 12.5. The van der Waals surface area contributed by atoms with Crippen LogP contribution in [0.15, 0.2) is 0 Å². The Morgan fingerprint density at radius 3 is 2.87 bits per heavy atom. The first-order valence-corrected chi connectivity index (χ1v) is 5.70. The van der Waals surface area contributed by atoms with Crippen molar-refractivity contribution in [3.8, 4) is 0 Å². The minimum absolute atomic E-state index is 0.180. The van der Waals surface area contributed by atoms with Gasteiger partial charge in [0.25, 0.3) is 0 Å². The molecule has 1 amide bonds. The van der Waals surface area contributed by atoms with E-state index in [0.717, 1.165) is 12.8 Å². The zero-order chi connectivity index (χ0) is 11.3. The fraction of sp³-hybridized carbons (Fsp3) is 0.909. The smallest absolute Gasteiger partial charge is 0.225 e. The van der Waals surface area contributed by atoms with Gasteiger partial charge in [-0.2, -0.15) is 0 Å². The molecule has 1 rings (SSSR count). The van der Waals surface area contributed by atoms with Gasteiger partial charge in [-0.05, 0) is 26.2 Å². The molecule has 1 saturated heterocycles. The van der Waals surface area contributed by atoms with Crippen LogP contribution in [0.25, 0.3) is 0 Å². The second-order valence-corrected chi connectivity index (χ2v) is 4.21. The summed E-state index contributed by atoms with van der Waals surface area (Å²) in [4.78, 5) is 13.9. The molecule has 1 aliphatic rings. The predicted molar refractivity (Wildman–Crippen MR) is 59.5 cm³/mol. The van der Waals surface area contributed by atoms with Crippen molar-refractivity contribution in [2.75, 3.05) is 20.3 Å². The average molecular weight is 214 g/mol. The van der Waals surface area contributed by atoms with Gasteiger partial charge < -0.3 is 15.4 Å². The lowest BCUT2D eigenvalue weighted by atomic mass is 9.96. The molecule has 1 heterocycles. The van der Waals surface area contributed by atoms with Crippen LogP contribution < -0.4 is 5.73 Å². The van der Waals surface area contributed by atoms with Gasteiger partial charge in [0.2, 0.25) is 5.91 Å². The van der Waals surface area contributed by atoms with E-state index in [1.807, 2.05) is 4.90 Å². The van der Waals surface area contributed by atoms with E-state index in [1.165, 1.54) is 6.42 Å². The molecule has 1 aliphatic heterocycles. The lowest BCUT2D eigenvalue weighted by Gasteiger charge is -2.40. The molecule has 0 spiro atoms. The standard InChI is InChI=1S/C11H22N2O2/c1-9-4-3-5-10(8-12)13(9)11(14)6-7-15-2/h9-10H,3-8,12H2,1-2H3. The third-order valence-electron chi connectivity index (χ3n) is 3.11. The molecule has 0 bridgehead atoms. The summed E-state index contributed by atoms with van der Waals surface area (Å²) >= 11 is 0. The van der Waals surface area contributed by atoms with E-state index < -0.39 is 0 Å². The van der Waals surface area contributed by atoms with Gasteiger partial charge in [-0.3, -0.25) is 4.79 Å². The fourth-order valence-electron chi connectivity index (χ4n) is 2.29. The summed E-state index contributed by atoms with van der Waals surface area (Å²) in [5, 5.41) is 0. The van der Waals surface area contributed by atoms with Gasteiger partial charge >= 0.3 is 0 Å². The SMILES string of the molecule is COCCC(=O)N1C(C)CCCC1CN. The number of nitrogens with zero attached hydrogens (tertiary/aromatic N) is 1. The van der Waals surface area contributed by atoms with Crippen LogP contribution in [0.5, 0.6) is 0 Å². The molecular formula is C11H22N2O2. The van der Waals surface area contributed by atoms with Gasteiger partial charge in [0.1, 0.15) is 0 Å². The molecule has 88 valence electrons. The minimum atomic E-state index is 0.180. The quantitative estimate of drug-likeness (QED) is 0.751. The van der Waals surface area contributed by atoms with E-state index in [0.29, 0.717) is 25.6 Å². The van der Waals surface area contributed by atoms with Gasteiger partial charge in [0.15, 0.2) is 0 Å². The Bertz CT molecular complexity index is 209. The maximum absolute atomic E-state index is 11.9. The van der Waals surface area contributed by atoms with E-state index in [1.54, 1.807) is 7.11 Å². The lowest BCUT2D eigenvalue weighted by molar-refractivity contribution is -0.138. The summed E-state index contributed by atoms with van der Waals surface area (Å²) in [5.74, 6) is 0.180. The number of rotatable bonds is 4. The zero-order valence-corrected chi connectivity index (χ0v) is 9.74. The highest BCUT2D eigenvalue weighted by molar-refractivity contribution is 5.77. The van der Waals surface area contributed by atoms with Crippen molar-refractivity contribution in [3.05, 3.63) is 0 Å². The number of nitrogens with two attached hydrogens (primary N) is 1. The average Bonchev–Trinajstić information content (AvgIpc) is 2.25. The number of piperidine rings is 1. The summed E-state index contributed by atoms with van der Waals surface area (Å²) in [7, 11) is 1.62. The maximum Gasteiger partial charge on any atom is 0.225 e. The topological polar surface area (TPSA) is 55.6 Å². The first-order valence-electron chi connectivity index (χ1n) is 5.70. The maximum atomic E-state index is 11.9. The Morgan fingerprint density at radius 1 is 1.53 bits per heavy atom. The van der Waals surface area contributed by atoms with Crippen molar-refractivity contribution in [1.29, 1.82) is 0 Å². The van der Waals surface area contributed by atoms with Crippen LogP contribution in [-0.4, -0.2) is 43.2 Å². The van der Waals surface area contributed by atoms with E-state index in [-0.39, 0.29) is 11.9 Å². The number of hydrogen-bond donors (Lipinski definition) is 1. The number of carbonyl (C=O) groups excluding carboxylic acids is 1. The Labute approximate surface area is 91.8 Å². The third-order valence-corrected chi connectivity index (χ3v) is 3.11. The molecule has 0 aromatic heterocycles. The minimum Gasteiger partial charge on any atom is -0.384 e. The molecule has 0 aliphatic carbocycles. The highest BCUT2D eigenvalue weighted by Crippen LogP contribution is 2.22. The highest BCUT2D eigenvalue weighted by Gasteiger charge is 2.30. The normalized spacial score (nSPS) is 26.7. The summed E-state index contributed by atoms with van der Waals surface area (Å²) in [6.07, 6.45) is 3.78. The van der Waals surface area contributed by atoms with Crippen molar-refractivity contribution in [1.82, 2.24) is 4.90 Å². The van der Waals surface area contributed by atoms with Crippen LogP contribution in [-0.2, 0) is 9.53 Å². The Hall–Kier alpha value is -0.610. The van der Waals surface area contributed by atoms with Crippen LogP contribution in [0.4, 0.5) is 0 Å². The third kappa shape index (κ3) is 3.18. The molecule has 2 atom stereocenters. The first-order chi connectivity index (χ1) is 7.20. The largest absolute Gasteiger partial charge is 0.384 e. The summed E-state index contributed by atoms with van der Waals surface area (Å²) in [6, 6.07) is 0.565. The monoisotopic (exact) mass is 214 g/mol. The molecule has 0 saturated carbocycles. The van der Waals surface area contributed by atoms with Crippen molar-refractivity contribution >= 4 is 5.91 Å². The van der Waals surface area contributed by atoms with Gasteiger partial charge in [-0.15, -0.1) is 0 Å². The zero-order valence-electron chi connectivity index (χ0n) is 9.74. The summed E-state index contributed by atoms with van der Waals surface area (Å²) in [6.45, 7) is 3.18. The van der Waals surface area contributed by atoms with Gasteiger partial charge in [0, 0.05) is 25.7 Å². The number of ether oxygens (including phenoxy) is 1. The Balaban J connectivity index is 2.56. The molecule has 2 unspecified atom stereocenters. The molecule has 0 aromatic rings. The summed E-state index contributed by atoms with van der Waals surface area (Å²) in [5.41, 5.74) is 5.70. The van der Waals surface area contributed by atoms with Crippen LogP contribution in [0.2, 0.25) is 0 Å². The van der Waals surface area contributed by atoms with Crippen molar-refractivity contribution in [2.45, 2.75) is 44.7 Å². The Morgan fingerprint density at radius 2 is 2.27 bits per heavy atom. The molecule has 2 N–H and O–H groups in total. The molecular weight excluding hydrogens is 192 g/mol. The van der Waals surface area contributed by atoms with Crippen molar-refractivity contribution < 1.29 is 9.53 Å². The van der Waals surface area contributed by atoms with E-state index in [9.17, 15) is 4.79 Å². The number of carbonyl (C=O) groups is 1. The molecule has 4 nitrogen and oxygen atoms in total. The van der Waals surface area contributed by atoms with Crippen molar-refractivity contribution in [2.24, 2.45) is 5.73 Å². The molecule has 1 fully saturated rings. The molecule has 15 heavy (non-hydrogen) atoms. The van der Waals surface area contributed by atoms with E-state index >= 15 is 0 Å².